The fourth-order valence-corrected chi connectivity index (χ4v) is 1.42. The Bertz CT molecular complexity index is 368. The summed E-state index contributed by atoms with van der Waals surface area (Å²) in [7, 11) is 1.57. The van der Waals surface area contributed by atoms with Gasteiger partial charge in [-0.25, -0.2) is 0 Å². The first-order chi connectivity index (χ1) is 7.67. The zero-order valence-electron chi connectivity index (χ0n) is 9.75. The number of amides is 1. The molecule has 0 spiro atoms. The van der Waals surface area contributed by atoms with E-state index >= 15 is 0 Å². The summed E-state index contributed by atoms with van der Waals surface area (Å²) in [4.78, 5) is 22.7. The molecular formula is C13H17NO2. The predicted octanol–water partition coefficient (Wildman–Crippen LogP) is 1.96. The van der Waals surface area contributed by atoms with E-state index in [9.17, 15) is 9.59 Å². The first-order valence-corrected chi connectivity index (χ1v) is 5.50. The molecule has 1 amide bonds. The van der Waals surface area contributed by atoms with Crippen molar-refractivity contribution < 1.29 is 9.59 Å². The molecule has 16 heavy (non-hydrogen) atoms. The third-order valence-electron chi connectivity index (χ3n) is 2.54. The van der Waals surface area contributed by atoms with Crippen molar-refractivity contribution in [3.63, 3.8) is 0 Å². The van der Waals surface area contributed by atoms with Gasteiger partial charge in [0.1, 0.15) is 0 Å². The maximum atomic E-state index is 11.7. The van der Waals surface area contributed by atoms with Crippen molar-refractivity contribution in [2.24, 2.45) is 0 Å². The van der Waals surface area contributed by atoms with Crippen LogP contribution in [0.25, 0.3) is 0 Å². The van der Waals surface area contributed by atoms with Gasteiger partial charge in [0.2, 0.25) is 5.91 Å². The molecular weight excluding hydrogens is 202 g/mol. The van der Waals surface area contributed by atoms with Crippen molar-refractivity contribution in [3.05, 3.63) is 35.4 Å². The van der Waals surface area contributed by atoms with Crippen LogP contribution >= 0.6 is 0 Å². The average molecular weight is 219 g/mol. The molecule has 0 unspecified atom stereocenters. The van der Waals surface area contributed by atoms with E-state index in [1.165, 1.54) is 5.56 Å². The van der Waals surface area contributed by atoms with Crippen molar-refractivity contribution in [1.82, 2.24) is 5.32 Å². The Labute approximate surface area is 95.9 Å². The average Bonchev–Trinajstić information content (AvgIpc) is 2.35. The molecule has 0 bridgehead atoms. The lowest BCUT2D eigenvalue weighted by molar-refractivity contribution is -0.120. The molecule has 0 radical (unpaired) electrons. The predicted molar refractivity (Wildman–Crippen MR) is 63.5 cm³/mol. The van der Waals surface area contributed by atoms with Gasteiger partial charge in [-0.05, 0) is 12.0 Å². The summed E-state index contributed by atoms with van der Waals surface area (Å²) in [6, 6.07) is 7.55. The summed E-state index contributed by atoms with van der Waals surface area (Å²) in [5.74, 6) is -0.0789. The molecule has 0 fully saturated rings. The van der Waals surface area contributed by atoms with Gasteiger partial charge >= 0.3 is 0 Å². The second-order valence-corrected chi connectivity index (χ2v) is 3.65. The van der Waals surface area contributed by atoms with E-state index in [2.05, 4.69) is 12.2 Å². The number of hydrogen-bond donors (Lipinski definition) is 1. The minimum atomic E-state index is -0.0986. The lowest BCUT2D eigenvalue weighted by Crippen LogP contribution is -2.18. The number of carbonyl (C=O) groups excluding carboxylic acids is 2. The van der Waals surface area contributed by atoms with Crippen molar-refractivity contribution in [1.29, 1.82) is 0 Å². The number of benzene rings is 1. The van der Waals surface area contributed by atoms with Crippen LogP contribution in [-0.4, -0.2) is 18.7 Å². The highest BCUT2D eigenvalue weighted by molar-refractivity contribution is 5.97. The Hall–Kier alpha value is -1.64. The van der Waals surface area contributed by atoms with Crippen LogP contribution in [-0.2, 0) is 11.2 Å². The zero-order valence-corrected chi connectivity index (χ0v) is 9.75. The Balaban J connectivity index is 2.56. The van der Waals surface area contributed by atoms with Crippen LogP contribution in [0.3, 0.4) is 0 Å². The molecule has 3 heteroatoms. The van der Waals surface area contributed by atoms with Crippen molar-refractivity contribution in [2.75, 3.05) is 7.05 Å². The SMILES string of the molecule is CCc1ccc(C(=O)CCC(=O)NC)cc1. The van der Waals surface area contributed by atoms with Crippen LogP contribution in [0.15, 0.2) is 24.3 Å². The molecule has 1 aromatic carbocycles. The second kappa shape index (κ2) is 6.05. The van der Waals surface area contributed by atoms with Gasteiger partial charge in [-0.15, -0.1) is 0 Å². The van der Waals surface area contributed by atoms with E-state index in [0.29, 0.717) is 5.56 Å². The van der Waals surface area contributed by atoms with Crippen molar-refractivity contribution in [3.8, 4) is 0 Å². The Morgan fingerprint density at radius 2 is 1.75 bits per heavy atom. The molecule has 3 nitrogen and oxygen atoms in total. The molecule has 0 aromatic heterocycles. The quantitative estimate of drug-likeness (QED) is 0.769. The summed E-state index contributed by atoms with van der Waals surface area (Å²) in [6.45, 7) is 2.07. The van der Waals surface area contributed by atoms with Crippen molar-refractivity contribution in [2.45, 2.75) is 26.2 Å². The van der Waals surface area contributed by atoms with Crippen LogP contribution in [0.2, 0.25) is 0 Å². The normalized spacial score (nSPS) is 9.88. The first kappa shape index (κ1) is 12.4. The third kappa shape index (κ3) is 3.50. The minimum absolute atomic E-state index is 0.0197. The molecule has 0 aliphatic heterocycles. The standard InChI is InChI=1S/C13H17NO2/c1-3-10-4-6-11(7-5-10)12(15)8-9-13(16)14-2/h4-7H,3,8-9H2,1-2H3,(H,14,16). The topological polar surface area (TPSA) is 46.2 Å². The van der Waals surface area contributed by atoms with E-state index < -0.39 is 0 Å². The highest BCUT2D eigenvalue weighted by atomic mass is 16.2. The number of nitrogens with one attached hydrogen (secondary N) is 1. The second-order valence-electron chi connectivity index (χ2n) is 3.65. The third-order valence-corrected chi connectivity index (χ3v) is 2.54. The Morgan fingerprint density at radius 3 is 2.25 bits per heavy atom. The van der Waals surface area contributed by atoms with E-state index in [4.69, 9.17) is 0 Å². The fraction of sp³-hybridized carbons (Fsp3) is 0.385. The van der Waals surface area contributed by atoms with Crippen LogP contribution < -0.4 is 5.32 Å². The van der Waals surface area contributed by atoms with Gasteiger partial charge < -0.3 is 5.32 Å². The molecule has 0 aliphatic rings. The number of carbonyl (C=O) groups is 2. The number of hydrogen-bond acceptors (Lipinski definition) is 2. The monoisotopic (exact) mass is 219 g/mol. The Morgan fingerprint density at radius 1 is 1.12 bits per heavy atom. The molecule has 1 N–H and O–H groups in total. The summed E-state index contributed by atoms with van der Waals surface area (Å²) >= 11 is 0. The number of ketones is 1. The molecule has 1 aromatic rings. The lowest BCUT2D eigenvalue weighted by atomic mass is 10.0. The van der Waals surface area contributed by atoms with Crippen LogP contribution in [0.4, 0.5) is 0 Å². The van der Waals surface area contributed by atoms with Gasteiger partial charge in [-0.1, -0.05) is 31.2 Å². The van der Waals surface area contributed by atoms with Gasteiger partial charge in [0.15, 0.2) is 5.78 Å². The number of rotatable bonds is 5. The Kier molecular flexibility index (Phi) is 4.70. The molecule has 0 heterocycles. The smallest absolute Gasteiger partial charge is 0.220 e. The molecule has 1 rings (SSSR count). The molecule has 0 saturated heterocycles. The fourth-order valence-electron chi connectivity index (χ4n) is 1.42. The summed E-state index contributed by atoms with van der Waals surface area (Å²) in [5.41, 5.74) is 1.89. The summed E-state index contributed by atoms with van der Waals surface area (Å²) < 4.78 is 0. The lowest BCUT2D eigenvalue weighted by Gasteiger charge is -2.02. The minimum Gasteiger partial charge on any atom is -0.359 e. The molecule has 0 aliphatic carbocycles. The van der Waals surface area contributed by atoms with Crippen LogP contribution in [0.5, 0.6) is 0 Å². The van der Waals surface area contributed by atoms with Crippen LogP contribution in [0.1, 0.15) is 35.7 Å². The van der Waals surface area contributed by atoms with E-state index in [0.717, 1.165) is 6.42 Å². The molecule has 86 valence electrons. The zero-order chi connectivity index (χ0) is 12.0. The highest BCUT2D eigenvalue weighted by Crippen LogP contribution is 2.08. The number of aryl methyl sites for hydroxylation is 1. The highest BCUT2D eigenvalue weighted by Gasteiger charge is 2.07. The van der Waals surface area contributed by atoms with Gasteiger partial charge in [0, 0.05) is 25.5 Å². The largest absolute Gasteiger partial charge is 0.359 e. The molecule has 0 saturated carbocycles. The van der Waals surface area contributed by atoms with Crippen LogP contribution in [0, 0.1) is 0 Å². The maximum absolute atomic E-state index is 11.7. The van der Waals surface area contributed by atoms with E-state index in [1.807, 2.05) is 24.3 Å². The van der Waals surface area contributed by atoms with E-state index in [1.54, 1.807) is 7.05 Å². The van der Waals surface area contributed by atoms with Crippen molar-refractivity contribution >= 4 is 11.7 Å². The summed E-state index contributed by atoms with van der Waals surface area (Å²) in [6.07, 6.45) is 1.49. The number of Topliss-reactive ketones (excluding diaryl/α,β-unsaturated/α-hetero) is 1. The van der Waals surface area contributed by atoms with E-state index in [-0.39, 0.29) is 24.5 Å². The summed E-state index contributed by atoms with van der Waals surface area (Å²) in [5, 5.41) is 2.50. The first-order valence-electron chi connectivity index (χ1n) is 5.50. The molecule has 0 atom stereocenters. The van der Waals surface area contributed by atoms with Gasteiger partial charge in [0.25, 0.3) is 0 Å². The van der Waals surface area contributed by atoms with Gasteiger partial charge in [-0.3, -0.25) is 9.59 Å². The maximum Gasteiger partial charge on any atom is 0.220 e. The van der Waals surface area contributed by atoms with Gasteiger partial charge in [0.05, 0.1) is 0 Å². The van der Waals surface area contributed by atoms with Gasteiger partial charge in [-0.2, -0.15) is 0 Å².